The van der Waals surface area contributed by atoms with Gasteiger partial charge in [0.2, 0.25) is 0 Å². The van der Waals surface area contributed by atoms with Crippen LogP contribution >= 0.6 is 0 Å². The van der Waals surface area contributed by atoms with Crippen molar-refractivity contribution in [1.82, 2.24) is 5.32 Å². The summed E-state index contributed by atoms with van der Waals surface area (Å²) in [6.45, 7) is 5.04. The Labute approximate surface area is 65.9 Å². The molecule has 0 heterocycles. The van der Waals surface area contributed by atoms with Crippen LogP contribution in [0.15, 0.2) is 0 Å². The third-order valence-electron chi connectivity index (χ3n) is 1.00. The van der Waals surface area contributed by atoms with Crippen molar-refractivity contribution in [2.45, 2.75) is 20.8 Å². The molecule has 0 aromatic carbocycles. The molecule has 0 bridgehead atoms. The Hall–Kier alpha value is -1.06. The van der Waals surface area contributed by atoms with Crippen LogP contribution in [0.4, 0.5) is 4.79 Å². The van der Waals surface area contributed by atoms with Crippen LogP contribution in [0, 0.1) is 5.41 Å². The Kier molecular flexibility index (Phi) is 3.04. The van der Waals surface area contributed by atoms with Crippen molar-refractivity contribution in [2.24, 2.45) is 5.41 Å². The molecule has 1 amide bonds. The predicted molar refractivity (Wildman–Crippen MR) is 40.0 cm³/mol. The van der Waals surface area contributed by atoms with E-state index in [-0.39, 0.29) is 0 Å². The van der Waals surface area contributed by atoms with Gasteiger partial charge in [0.25, 0.3) is 0 Å². The van der Waals surface area contributed by atoms with Crippen LogP contribution in [0.25, 0.3) is 0 Å². The van der Waals surface area contributed by atoms with E-state index >= 15 is 0 Å². The van der Waals surface area contributed by atoms with E-state index in [4.69, 9.17) is 0 Å². The Balaban J connectivity index is 3.99. The van der Waals surface area contributed by atoms with Crippen LogP contribution in [-0.4, -0.2) is 19.1 Å². The van der Waals surface area contributed by atoms with Gasteiger partial charge in [-0.3, -0.25) is 4.79 Å². The number of hydrogen-bond acceptors (Lipinski definition) is 3. The number of esters is 1. The molecule has 0 aromatic rings. The highest BCUT2D eigenvalue weighted by Gasteiger charge is 2.25. The number of ether oxygens (including phenoxy) is 1. The number of nitrogens with one attached hydrogen (secondary N) is 1. The fourth-order valence-electron chi connectivity index (χ4n) is 0.288. The first-order valence-corrected chi connectivity index (χ1v) is 3.32. The van der Waals surface area contributed by atoms with Gasteiger partial charge in [-0.15, -0.1) is 0 Å². The zero-order valence-electron chi connectivity index (χ0n) is 7.22. The van der Waals surface area contributed by atoms with E-state index in [1.165, 1.54) is 7.05 Å². The zero-order chi connectivity index (χ0) is 9.07. The summed E-state index contributed by atoms with van der Waals surface area (Å²) in [5, 5.41) is 2.19. The van der Waals surface area contributed by atoms with Crippen molar-refractivity contribution in [2.75, 3.05) is 7.05 Å². The number of carbonyl (C=O) groups is 2. The fourth-order valence-corrected chi connectivity index (χ4v) is 0.288. The molecule has 0 aliphatic rings. The highest BCUT2D eigenvalue weighted by Crippen LogP contribution is 2.14. The highest BCUT2D eigenvalue weighted by atomic mass is 16.6. The molecule has 0 fully saturated rings. The SMILES string of the molecule is CNC(=O)OC(=O)C(C)(C)C. The molecule has 11 heavy (non-hydrogen) atoms. The van der Waals surface area contributed by atoms with Gasteiger partial charge in [-0.2, -0.15) is 0 Å². The fraction of sp³-hybridized carbons (Fsp3) is 0.714. The van der Waals surface area contributed by atoms with E-state index in [0.717, 1.165) is 0 Å². The molecule has 64 valence electrons. The monoisotopic (exact) mass is 159 g/mol. The third kappa shape index (κ3) is 3.60. The summed E-state index contributed by atoms with van der Waals surface area (Å²) in [4.78, 5) is 21.5. The van der Waals surface area contributed by atoms with E-state index in [9.17, 15) is 9.59 Å². The van der Waals surface area contributed by atoms with Gasteiger partial charge in [-0.05, 0) is 20.8 Å². The minimum atomic E-state index is -0.718. The maximum Gasteiger partial charge on any atom is 0.414 e. The molecule has 4 nitrogen and oxygen atoms in total. The Morgan fingerprint density at radius 1 is 1.27 bits per heavy atom. The maximum absolute atomic E-state index is 11.0. The number of amides is 1. The molecule has 0 radical (unpaired) electrons. The molecule has 0 spiro atoms. The normalized spacial score (nSPS) is 10.5. The molecule has 0 rings (SSSR count). The van der Waals surface area contributed by atoms with E-state index in [1.54, 1.807) is 20.8 Å². The lowest BCUT2D eigenvalue weighted by atomic mass is 9.98. The van der Waals surface area contributed by atoms with Crippen LogP contribution in [0.2, 0.25) is 0 Å². The quantitative estimate of drug-likeness (QED) is 0.422. The summed E-state index contributed by atoms with van der Waals surface area (Å²) >= 11 is 0. The lowest BCUT2D eigenvalue weighted by Crippen LogP contribution is -2.30. The van der Waals surface area contributed by atoms with Crippen molar-refractivity contribution < 1.29 is 14.3 Å². The van der Waals surface area contributed by atoms with Gasteiger partial charge in [0.05, 0.1) is 5.41 Å². The second-order valence-electron chi connectivity index (χ2n) is 3.18. The topological polar surface area (TPSA) is 55.4 Å². The van der Waals surface area contributed by atoms with Crippen LogP contribution in [-0.2, 0) is 9.53 Å². The van der Waals surface area contributed by atoms with Gasteiger partial charge < -0.3 is 10.1 Å². The predicted octanol–water partition coefficient (Wildman–Crippen LogP) is 0.915. The first-order valence-electron chi connectivity index (χ1n) is 3.32. The minimum Gasteiger partial charge on any atom is -0.376 e. The molecule has 0 saturated carbocycles. The molecule has 0 aromatic heterocycles. The first kappa shape index (κ1) is 9.94. The van der Waals surface area contributed by atoms with Gasteiger partial charge in [0.1, 0.15) is 0 Å². The standard InChI is InChI=1S/C7H13NO3/c1-7(2,3)5(9)11-6(10)8-4/h1-4H3,(H,8,10). The number of carbonyl (C=O) groups excluding carboxylic acids is 2. The van der Waals surface area contributed by atoms with Crippen molar-refractivity contribution in [3.8, 4) is 0 Å². The summed E-state index contributed by atoms with van der Waals surface area (Å²) in [6.07, 6.45) is -0.718. The smallest absolute Gasteiger partial charge is 0.376 e. The molecule has 1 N–H and O–H groups in total. The average molecular weight is 159 g/mol. The minimum absolute atomic E-state index is 0.531. The van der Waals surface area contributed by atoms with Gasteiger partial charge in [0.15, 0.2) is 0 Å². The van der Waals surface area contributed by atoms with E-state index < -0.39 is 17.5 Å². The molecule has 0 atom stereocenters. The van der Waals surface area contributed by atoms with Gasteiger partial charge in [-0.1, -0.05) is 0 Å². The van der Waals surface area contributed by atoms with E-state index in [1.807, 2.05) is 0 Å². The summed E-state index contributed by atoms with van der Waals surface area (Å²) in [6, 6.07) is 0. The molecule has 0 aliphatic heterocycles. The summed E-state index contributed by atoms with van der Waals surface area (Å²) < 4.78 is 4.38. The first-order chi connectivity index (χ1) is 4.88. The largest absolute Gasteiger partial charge is 0.414 e. The summed E-state index contributed by atoms with van der Waals surface area (Å²) in [5.74, 6) is -0.531. The Morgan fingerprint density at radius 2 is 1.73 bits per heavy atom. The molecular weight excluding hydrogens is 146 g/mol. The highest BCUT2D eigenvalue weighted by molar-refractivity contribution is 5.87. The lowest BCUT2D eigenvalue weighted by molar-refractivity contribution is -0.146. The van der Waals surface area contributed by atoms with Gasteiger partial charge in [-0.25, -0.2) is 4.79 Å². The van der Waals surface area contributed by atoms with Gasteiger partial charge >= 0.3 is 12.1 Å². The molecule has 0 saturated heterocycles. The average Bonchev–Trinajstić information content (AvgIpc) is 1.85. The summed E-state index contributed by atoms with van der Waals surface area (Å²) in [5.41, 5.74) is -0.632. The summed E-state index contributed by atoms with van der Waals surface area (Å²) in [7, 11) is 1.40. The molecule has 4 heteroatoms. The maximum atomic E-state index is 11.0. The Bertz CT molecular complexity index is 169. The lowest BCUT2D eigenvalue weighted by Gasteiger charge is -2.14. The number of rotatable bonds is 0. The van der Waals surface area contributed by atoms with E-state index in [2.05, 4.69) is 10.1 Å². The third-order valence-corrected chi connectivity index (χ3v) is 1.00. The van der Waals surface area contributed by atoms with Crippen LogP contribution < -0.4 is 5.32 Å². The van der Waals surface area contributed by atoms with Crippen molar-refractivity contribution in [3.05, 3.63) is 0 Å². The zero-order valence-corrected chi connectivity index (χ0v) is 7.22. The van der Waals surface area contributed by atoms with Gasteiger partial charge in [0, 0.05) is 7.05 Å². The van der Waals surface area contributed by atoms with Crippen LogP contribution in [0.5, 0.6) is 0 Å². The second-order valence-corrected chi connectivity index (χ2v) is 3.18. The van der Waals surface area contributed by atoms with E-state index in [0.29, 0.717) is 0 Å². The Morgan fingerprint density at radius 3 is 2.00 bits per heavy atom. The second kappa shape index (κ2) is 3.37. The molecule has 0 unspecified atom stereocenters. The number of hydrogen-bond donors (Lipinski definition) is 1. The van der Waals surface area contributed by atoms with Crippen LogP contribution in [0.1, 0.15) is 20.8 Å². The molecule has 0 aliphatic carbocycles. The van der Waals surface area contributed by atoms with Crippen molar-refractivity contribution >= 4 is 12.1 Å². The van der Waals surface area contributed by atoms with Crippen molar-refractivity contribution in [1.29, 1.82) is 0 Å². The number of alkyl carbamates (subject to hydrolysis) is 1. The van der Waals surface area contributed by atoms with Crippen LogP contribution in [0.3, 0.4) is 0 Å². The molecular formula is C7H13NO3. The van der Waals surface area contributed by atoms with Crippen molar-refractivity contribution in [3.63, 3.8) is 0 Å².